The number of carbonyl (C=O) groups excluding carboxylic acids is 3. The lowest BCUT2D eigenvalue weighted by atomic mass is 9.75. The number of nitrogens with zero attached hydrogens (tertiary/aromatic N) is 4. The number of Topliss-reactive ketones (excluding diaryl/α,β-unsaturated/α-hetero) is 1. The molecule has 3 aliphatic rings. The number of ether oxygens (including phenoxy) is 5. The van der Waals surface area contributed by atoms with Gasteiger partial charge in [-0.1, -0.05) is 109 Å². The number of benzene rings is 4. The van der Waals surface area contributed by atoms with E-state index in [2.05, 4.69) is 160 Å². The first-order valence-corrected chi connectivity index (χ1v) is 31.8. The summed E-state index contributed by atoms with van der Waals surface area (Å²) in [6, 6.07) is 31.1. The summed E-state index contributed by atoms with van der Waals surface area (Å²) in [7, 11) is 0. The number of anilines is 2. The van der Waals surface area contributed by atoms with Gasteiger partial charge in [-0.15, -0.1) is 0 Å². The van der Waals surface area contributed by atoms with E-state index in [-0.39, 0.29) is 27.9 Å². The van der Waals surface area contributed by atoms with Crippen molar-refractivity contribution in [3.8, 4) is 5.69 Å². The SMILES string of the molecule is CCCCC[N+]1=C(/C=C/C(=C/C=C2/N(CCCC)c3ccccc3C2(C)C)c2ccc(C(=O)NCCCOCCOCCOCCOCCOCCCNc3cc(-n4nc(C)c5c4CC(C)(C)CC5=O)ccc3C(N)=O)cc2)C(C)(C)c2ccccc21. The fourth-order valence-corrected chi connectivity index (χ4v) is 12.2. The Balaban J connectivity index is 0.713. The third-order valence-corrected chi connectivity index (χ3v) is 16.9. The van der Waals surface area contributed by atoms with Crippen molar-refractivity contribution in [3.05, 3.63) is 166 Å². The second kappa shape index (κ2) is 31.3. The van der Waals surface area contributed by atoms with Crippen molar-refractivity contribution in [3.63, 3.8) is 0 Å². The van der Waals surface area contributed by atoms with E-state index in [1.54, 1.807) is 6.07 Å². The van der Waals surface area contributed by atoms with Crippen molar-refractivity contribution in [2.75, 3.05) is 102 Å². The number of amides is 2. The normalized spacial score (nSPS) is 16.2. The molecule has 0 unspecified atom stereocenters. The molecule has 466 valence electrons. The zero-order valence-corrected chi connectivity index (χ0v) is 53.4. The summed E-state index contributed by atoms with van der Waals surface area (Å²) in [6.45, 7) is 27.5. The molecule has 8 rings (SSSR count). The quantitative estimate of drug-likeness (QED) is 0.0200. The van der Waals surface area contributed by atoms with Gasteiger partial charge in [-0.3, -0.25) is 14.4 Å². The van der Waals surface area contributed by atoms with Crippen molar-refractivity contribution >= 4 is 45.9 Å². The van der Waals surface area contributed by atoms with Crippen LogP contribution in [0.2, 0.25) is 0 Å². The number of primary amides is 1. The van der Waals surface area contributed by atoms with E-state index < -0.39 is 5.91 Å². The number of para-hydroxylation sites is 2. The number of aryl methyl sites for hydroxylation is 1. The third kappa shape index (κ3) is 16.8. The van der Waals surface area contributed by atoms with E-state index >= 15 is 0 Å². The maximum atomic E-state index is 13.4. The molecule has 0 radical (unpaired) electrons. The highest BCUT2D eigenvalue weighted by atomic mass is 16.6. The molecule has 15 nitrogen and oxygen atoms in total. The fourth-order valence-electron chi connectivity index (χ4n) is 12.2. The molecule has 0 fully saturated rings. The maximum Gasteiger partial charge on any atom is 0.251 e. The number of allylic oxidation sites excluding steroid dienone is 6. The minimum absolute atomic E-state index is 0.111. The summed E-state index contributed by atoms with van der Waals surface area (Å²) in [5.41, 5.74) is 19.9. The topological polar surface area (TPSA) is 172 Å². The summed E-state index contributed by atoms with van der Waals surface area (Å²) in [5.74, 6) is -0.523. The van der Waals surface area contributed by atoms with E-state index in [4.69, 9.17) is 34.5 Å². The van der Waals surface area contributed by atoms with Crippen LogP contribution in [0.25, 0.3) is 11.3 Å². The smallest absolute Gasteiger partial charge is 0.251 e. The Morgan fingerprint density at radius 1 is 0.690 bits per heavy atom. The first-order chi connectivity index (χ1) is 42.0. The van der Waals surface area contributed by atoms with Crippen LogP contribution in [0.5, 0.6) is 0 Å². The summed E-state index contributed by atoms with van der Waals surface area (Å²) < 4.78 is 32.9. The minimum Gasteiger partial charge on any atom is -0.384 e. The summed E-state index contributed by atoms with van der Waals surface area (Å²) in [5, 5.41) is 11.1. The molecular formula is C72H96N7O8+. The predicted octanol–water partition coefficient (Wildman–Crippen LogP) is 12.8. The molecule has 87 heavy (non-hydrogen) atoms. The number of hydrogen-bond acceptors (Lipinski definition) is 11. The Labute approximate surface area is 517 Å². The lowest BCUT2D eigenvalue weighted by Gasteiger charge is -2.29. The molecule has 1 aromatic heterocycles. The summed E-state index contributed by atoms with van der Waals surface area (Å²) >= 11 is 0. The molecule has 1 aliphatic carbocycles. The van der Waals surface area contributed by atoms with E-state index in [9.17, 15) is 14.4 Å². The molecule has 4 aromatic carbocycles. The van der Waals surface area contributed by atoms with Gasteiger partial charge in [-0.05, 0) is 124 Å². The van der Waals surface area contributed by atoms with Crippen LogP contribution in [-0.2, 0) is 40.9 Å². The van der Waals surface area contributed by atoms with E-state index in [0.29, 0.717) is 126 Å². The number of aromatic nitrogens is 2. The third-order valence-electron chi connectivity index (χ3n) is 16.9. The molecule has 2 amide bonds. The second-order valence-electron chi connectivity index (χ2n) is 24.9. The summed E-state index contributed by atoms with van der Waals surface area (Å²) in [4.78, 5) is 41.2. The Kier molecular flexibility index (Phi) is 23.7. The fraction of sp³-hybridized carbons (Fsp3) is 0.486. The first kappa shape index (κ1) is 66.0. The molecule has 3 heterocycles. The monoisotopic (exact) mass is 1190 g/mol. The number of fused-ring (bicyclic) bond motifs is 3. The van der Waals surface area contributed by atoms with Crippen LogP contribution in [0.1, 0.15) is 166 Å². The van der Waals surface area contributed by atoms with Gasteiger partial charge < -0.3 is 45.0 Å². The molecular weight excluding hydrogens is 1090 g/mol. The van der Waals surface area contributed by atoms with Gasteiger partial charge in [-0.25, -0.2) is 4.68 Å². The van der Waals surface area contributed by atoms with Crippen molar-refractivity contribution in [1.82, 2.24) is 15.1 Å². The van der Waals surface area contributed by atoms with Gasteiger partial charge in [0.1, 0.15) is 6.54 Å². The Hall–Kier alpha value is -7.01. The standard InChI is InChI=1S/C72H95N7O8/c1-10-12-18-38-78-62-24-17-15-22-59(62)72(8,9)66(78)34-30-54(29-33-65-71(6,7)58-21-14-16-23-61(58)77(65)37-13-11-2)53-25-27-55(28-26-53)69(82)75-36-20-40-84-42-44-86-46-48-87-47-45-85-43-41-83-39-19-35-74-60-49-56(31-32-57(60)68(73)81)79-63-50-70(4,5)51-64(80)67(63)52(3)76-79/h14-17,21-34,49H,10-13,18-20,35-48,50-51H2,1-9H3,(H3-,73,74,75,81,82)/p+1. The molecule has 0 bridgehead atoms. The molecule has 15 heteroatoms. The van der Waals surface area contributed by atoms with Crippen LogP contribution in [0.15, 0.2) is 121 Å². The molecule has 2 aliphatic heterocycles. The molecule has 0 atom stereocenters. The minimum atomic E-state index is -0.527. The highest BCUT2D eigenvalue weighted by Gasteiger charge is 2.44. The number of nitrogens with one attached hydrogen (secondary N) is 2. The van der Waals surface area contributed by atoms with Crippen LogP contribution in [0, 0.1) is 12.3 Å². The van der Waals surface area contributed by atoms with Crippen molar-refractivity contribution in [2.45, 2.75) is 131 Å². The van der Waals surface area contributed by atoms with E-state index in [1.807, 2.05) is 35.9 Å². The molecule has 0 saturated heterocycles. The molecule has 0 spiro atoms. The first-order valence-electron chi connectivity index (χ1n) is 31.8. The van der Waals surface area contributed by atoms with Gasteiger partial charge in [0, 0.05) is 91.4 Å². The Morgan fingerprint density at radius 2 is 1.30 bits per heavy atom. The number of hydrogen-bond donors (Lipinski definition) is 3. The largest absolute Gasteiger partial charge is 0.384 e. The predicted molar refractivity (Wildman–Crippen MR) is 350 cm³/mol. The second-order valence-corrected chi connectivity index (χ2v) is 24.9. The highest BCUT2D eigenvalue weighted by molar-refractivity contribution is 6.05. The van der Waals surface area contributed by atoms with Gasteiger partial charge in [0.2, 0.25) is 5.69 Å². The van der Waals surface area contributed by atoms with Crippen LogP contribution in [0.4, 0.5) is 17.1 Å². The Bertz CT molecular complexity index is 3280. The van der Waals surface area contributed by atoms with Crippen LogP contribution in [-0.4, -0.2) is 130 Å². The number of rotatable bonds is 35. The zero-order chi connectivity index (χ0) is 62.0. The van der Waals surface area contributed by atoms with Crippen molar-refractivity contribution < 1.29 is 42.6 Å². The van der Waals surface area contributed by atoms with Crippen LogP contribution < -0.4 is 21.3 Å². The van der Waals surface area contributed by atoms with E-state index in [1.165, 1.54) is 46.8 Å². The summed E-state index contributed by atoms with van der Waals surface area (Å²) in [6.07, 6.45) is 17.5. The van der Waals surface area contributed by atoms with Gasteiger partial charge in [0.15, 0.2) is 11.5 Å². The average molecular weight is 1190 g/mol. The molecule has 0 saturated carbocycles. The van der Waals surface area contributed by atoms with Crippen molar-refractivity contribution in [1.29, 1.82) is 0 Å². The van der Waals surface area contributed by atoms with Gasteiger partial charge >= 0.3 is 0 Å². The highest BCUT2D eigenvalue weighted by Crippen LogP contribution is 2.48. The Morgan fingerprint density at radius 3 is 1.95 bits per heavy atom. The van der Waals surface area contributed by atoms with E-state index in [0.717, 1.165) is 61.3 Å². The van der Waals surface area contributed by atoms with Gasteiger partial charge in [-0.2, -0.15) is 9.67 Å². The lowest BCUT2D eigenvalue weighted by molar-refractivity contribution is -0.438. The number of unbranched alkanes of at least 4 members (excludes halogenated alkanes) is 3. The number of ketones is 1. The zero-order valence-electron chi connectivity index (χ0n) is 53.4. The maximum absolute atomic E-state index is 13.4. The van der Waals surface area contributed by atoms with Crippen LogP contribution >= 0.6 is 0 Å². The number of nitrogens with two attached hydrogens (primary N) is 1. The average Bonchev–Trinajstić information content (AvgIpc) is 1.68. The number of carbonyl (C=O) groups is 3. The van der Waals surface area contributed by atoms with Crippen molar-refractivity contribution in [2.24, 2.45) is 11.1 Å². The molecule has 4 N–H and O–H groups in total. The van der Waals surface area contributed by atoms with Gasteiger partial charge in [0.05, 0.1) is 86.5 Å². The van der Waals surface area contributed by atoms with Crippen LogP contribution in [0.3, 0.4) is 0 Å². The molecule has 5 aromatic rings. The lowest BCUT2D eigenvalue weighted by Crippen LogP contribution is -2.28. The van der Waals surface area contributed by atoms with Gasteiger partial charge in [0.25, 0.3) is 11.8 Å².